The highest BCUT2D eigenvalue weighted by Gasteiger charge is 2.27. The summed E-state index contributed by atoms with van der Waals surface area (Å²) in [4.78, 5) is 2.35. The largest absolute Gasteiger partial charge is 0.395 e. The van der Waals surface area contributed by atoms with Crippen LogP contribution in [0.5, 0.6) is 0 Å². The molecule has 1 saturated carbocycles. The summed E-state index contributed by atoms with van der Waals surface area (Å²) in [5, 5.41) is 9.29. The van der Waals surface area contributed by atoms with Gasteiger partial charge in [-0.1, -0.05) is 37.3 Å². The lowest BCUT2D eigenvalue weighted by Gasteiger charge is -2.36. The Balaban J connectivity index is 1.94. The van der Waals surface area contributed by atoms with Gasteiger partial charge in [-0.3, -0.25) is 4.90 Å². The van der Waals surface area contributed by atoms with Crippen molar-refractivity contribution in [3.05, 3.63) is 35.9 Å². The minimum absolute atomic E-state index is 0.213. The molecule has 2 rings (SSSR count). The Hall–Kier alpha value is -0.900. The molecule has 0 aromatic heterocycles. The monoisotopic (exact) mass is 276 g/mol. The van der Waals surface area contributed by atoms with Crippen LogP contribution >= 0.6 is 0 Å². The van der Waals surface area contributed by atoms with E-state index in [2.05, 4.69) is 36.1 Å². The van der Waals surface area contributed by atoms with Gasteiger partial charge in [-0.25, -0.2) is 0 Å². The standard InChI is InChI=1S/C17H28N2O/c1-14-7-8-17(18)16(11-14)13-19(9-10-20)12-15-5-3-2-4-6-15/h2-6,14,16-17,20H,7-13,18H2,1H3. The third-order valence-electron chi connectivity index (χ3n) is 4.46. The molecular weight excluding hydrogens is 248 g/mol. The van der Waals surface area contributed by atoms with E-state index in [0.29, 0.717) is 12.0 Å². The lowest BCUT2D eigenvalue weighted by Crippen LogP contribution is -2.43. The summed E-state index contributed by atoms with van der Waals surface area (Å²) in [6, 6.07) is 10.8. The Morgan fingerprint density at radius 1 is 1.25 bits per heavy atom. The third-order valence-corrected chi connectivity index (χ3v) is 4.46. The number of benzene rings is 1. The van der Waals surface area contributed by atoms with E-state index >= 15 is 0 Å². The molecule has 1 aliphatic carbocycles. The van der Waals surface area contributed by atoms with Crippen molar-refractivity contribution in [3.8, 4) is 0 Å². The van der Waals surface area contributed by atoms with Crippen LogP contribution in [0.4, 0.5) is 0 Å². The van der Waals surface area contributed by atoms with E-state index < -0.39 is 0 Å². The Morgan fingerprint density at radius 3 is 2.70 bits per heavy atom. The fourth-order valence-electron chi connectivity index (χ4n) is 3.28. The normalized spacial score (nSPS) is 26.9. The van der Waals surface area contributed by atoms with Crippen molar-refractivity contribution >= 4 is 0 Å². The highest BCUT2D eigenvalue weighted by molar-refractivity contribution is 5.14. The maximum Gasteiger partial charge on any atom is 0.0558 e. The van der Waals surface area contributed by atoms with Gasteiger partial charge in [-0.05, 0) is 36.7 Å². The van der Waals surface area contributed by atoms with Crippen LogP contribution in [-0.4, -0.2) is 35.7 Å². The summed E-state index contributed by atoms with van der Waals surface area (Å²) >= 11 is 0. The molecule has 3 atom stereocenters. The molecule has 0 bridgehead atoms. The second-order valence-electron chi connectivity index (χ2n) is 6.29. The molecule has 0 spiro atoms. The number of aliphatic hydroxyl groups is 1. The Morgan fingerprint density at radius 2 is 2.00 bits per heavy atom. The van der Waals surface area contributed by atoms with E-state index in [-0.39, 0.29) is 6.61 Å². The lowest BCUT2D eigenvalue weighted by atomic mass is 9.79. The summed E-state index contributed by atoms with van der Waals surface area (Å²) in [5.41, 5.74) is 7.59. The van der Waals surface area contributed by atoms with Crippen molar-refractivity contribution < 1.29 is 5.11 Å². The van der Waals surface area contributed by atoms with Gasteiger partial charge in [0.1, 0.15) is 0 Å². The molecule has 3 nitrogen and oxygen atoms in total. The second-order valence-corrected chi connectivity index (χ2v) is 6.29. The smallest absolute Gasteiger partial charge is 0.0558 e. The van der Waals surface area contributed by atoms with Gasteiger partial charge in [-0.15, -0.1) is 0 Å². The van der Waals surface area contributed by atoms with Crippen molar-refractivity contribution in [2.24, 2.45) is 17.6 Å². The summed E-state index contributed by atoms with van der Waals surface area (Å²) in [6.07, 6.45) is 3.62. The molecule has 1 fully saturated rings. The Kier molecular flexibility index (Phi) is 6.02. The third kappa shape index (κ3) is 4.58. The van der Waals surface area contributed by atoms with Crippen LogP contribution in [0.1, 0.15) is 31.7 Å². The average molecular weight is 276 g/mol. The van der Waals surface area contributed by atoms with E-state index in [4.69, 9.17) is 5.73 Å². The van der Waals surface area contributed by atoms with Gasteiger partial charge in [-0.2, -0.15) is 0 Å². The quantitative estimate of drug-likeness (QED) is 0.838. The highest BCUT2D eigenvalue weighted by atomic mass is 16.3. The van der Waals surface area contributed by atoms with Crippen molar-refractivity contribution in [2.75, 3.05) is 19.7 Å². The molecular formula is C17H28N2O. The van der Waals surface area contributed by atoms with E-state index in [0.717, 1.165) is 32.0 Å². The minimum atomic E-state index is 0.213. The SMILES string of the molecule is CC1CCC(N)C(CN(CCO)Cc2ccccc2)C1. The predicted octanol–water partition coefficient (Wildman–Crippen LogP) is 2.24. The van der Waals surface area contributed by atoms with Crippen LogP contribution in [0.15, 0.2) is 30.3 Å². The number of nitrogens with two attached hydrogens (primary N) is 1. The van der Waals surface area contributed by atoms with E-state index in [9.17, 15) is 5.11 Å². The molecule has 3 N–H and O–H groups in total. The van der Waals surface area contributed by atoms with Gasteiger partial charge in [0.25, 0.3) is 0 Å². The van der Waals surface area contributed by atoms with Crippen LogP contribution in [0.3, 0.4) is 0 Å². The first-order valence-corrected chi connectivity index (χ1v) is 7.81. The van der Waals surface area contributed by atoms with E-state index in [1.54, 1.807) is 0 Å². The average Bonchev–Trinajstić information content (AvgIpc) is 2.44. The number of hydrogen-bond donors (Lipinski definition) is 2. The topological polar surface area (TPSA) is 49.5 Å². The molecule has 1 aliphatic rings. The highest BCUT2D eigenvalue weighted by Crippen LogP contribution is 2.28. The van der Waals surface area contributed by atoms with Crippen LogP contribution in [0.2, 0.25) is 0 Å². The van der Waals surface area contributed by atoms with E-state index in [1.807, 2.05) is 6.07 Å². The summed E-state index contributed by atoms with van der Waals surface area (Å²) in [5.74, 6) is 1.35. The van der Waals surface area contributed by atoms with Crippen molar-refractivity contribution in [3.63, 3.8) is 0 Å². The minimum Gasteiger partial charge on any atom is -0.395 e. The predicted molar refractivity (Wildman–Crippen MR) is 83.3 cm³/mol. The second kappa shape index (κ2) is 7.77. The Bertz CT molecular complexity index is 382. The van der Waals surface area contributed by atoms with Crippen LogP contribution < -0.4 is 5.73 Å². The lowest BCUT2D eigenvalue weighted by molar-refractivity contribution is 0.132. The maximum atomic E-state index is 9.29. The van der Waals surface area contributed by atoms with Crippen molar-refractivity contribution in [1.82, 2.24) is 4.90 Å². The summed E-state index contributed by atoms with van der Waals surface area (Å²) in [7, 11) is 0. The molecule has 0 radical (unpaired) electrons. The van der Waals surface area contributed by atoms with Gasteiger partial charge in [0.15, 0.2) is 0 Å². The zero-order valence-corrected chi connectivity index (χ0v) is 12.5. The first-order valence-electron chi connectivity index (χ1n) is 7.81. The number of nitrogens with zero attached hydrogens (tertiary/aromatic N) is 1. The number of rotatable bonds is 6. The molecule has 0 amide bonds. The van der Waals surface area contributed by atoms with Crippen molar-refractivity contribution in [2.45, 2.75) is 38.8 Å². The maximum absolute atomic E-state index is 9.29. The molecule has 0 saturated heterocycles. The van der Waals surface area contributed by atoms with Crippen LogP contribution in [0.25, 0.3) is 0 Å². The zero-order valence-electron chi connectivity index (χ0n) is 12.5. The molecule has 112 valence electrons. The van der Waals surface area contributed by atoms with Gasteiger partial charge in [0.05, 0.1) is 6.61 Å². The van der Waals surface area contributed by atoms with Crippen LogP contribution in [0, 0.1) is 11.8 Å². The van der Waals surface area contributed by atoms with Gasteiger partial charge in [0.2, 0.25) is 0 Å². The molecule has 3 heteroatoms. The molecule has 20 heavy (non-hydrogen) atoms. The van der Waals surface area contributed by atoms with Crippen molar-refractivity contribution in [1.29, 1.82) is 0 Å². The van der Waals surface area contributed by atoms with Gasteiger partial charge >= 0.3 is 0 Å². The fourth-order valence-corrected chi connectivity index (χ4v) is 3.28. The molecule has 1 aromatic carbocycles. The summed E-state index contributed by atoms with van der Waals surface area (Å²) < 4.78 is 0. The van der Waals surface area contributed by atoms with E-state index in [1.165, 1.54) is 18.4 Å². The Labute approximate surface area is 122 Å². The first kappa shape index (κ1) is 15.5. The molecule has 3 unspecified atom stereocenters. The van der Waals surface area contributed by atoms with Gasteiger partial charge in [0, 0.05) is 25.7 Å². The molecule has 1 aromatic rings. The van der Waals surface area contributed by atoms with Crippen LogP contribution in [-0.2, 0) is 6.54 Å². The first-order chi connectivity index (χ1) is 9.69. The zero-order chi connectivity index (χ0) is 14.4. The molecule has 0 heterocycles. The van der Waals surface area contributed by atoms with Gasteiger partial charge < -0.3 is 10.8 Å². The number of hydrogen-bond acceptors (Lipinski definition) is 3. The number of aliphatic hydroxyl groups excluding tert-OH is 1. The molecule has 0 aliphatic heterocycles. The fraction of sp³-hybridized carbons (Fsp3) is 0.647. The summed E-state index contributed by atoms with van der Waals surface area (Å²) in [6.45, 7) is 5.17.